The van der Waals surface area contributed by atoms with E-state index in [1.54, 1.807) is 0 Å². The molecule has 0 unspecified atom stereocenters. The molecule has 0 aliphatic rings. The third-order valence-corrected chi connectivity index (χ3v) is 3.03. The van der Waals surface area contributed by atoms with Crippen molar-refractivity contribution in [1.29, 1.82) is 0 Å². The number of aryl methyl sites for hydroxylation is 1. The molecule has 0 saturated carbocycles. The van der Waals surface area contributed by atoms with Crippen molar-refractivity contribution in [3.8, 4) is 5.69 Å². The van der Waals surface area contributed by atoms with Crippen LogP contribution in [0.5, 0.6) is 0 Å². The molecule has 0 N–H and O–H groups in total. The number of benzene rings is 1. The molecule has 0 aliphatic carbocycles. The average molecular weight is 250 g/mol. The van der Waals surface area contributed by atoms with Crippen LogP contribution in [0.3, 0.4) is 0 Å². The highest BCUT2D eigenvalue weighted by atomic mass is 35.5. The predicted octanol–water partition coefficient (Wildman–Crippen LogP) is 4.42. The molecule has 0 spiro atoms. The Bertz CT molecular complexity index is 560. The molecule has 1 heterocycles. The van der Waals surface area contributed by atoms with Crippen LogP contribution < -0.4 is 0 Å². The first-order chi connectivity index (χ1) is 7.70. The van der Waals surface area contributed by atoms with Crippen LogP contribution in [0.15, 0.2) is 42.6 Å². The van der Waals surface area contributed by atoms with Crippen LogP contribution in [-0.2, 0) is 6.42 Å². The van der Waals surface area contributed by atoms with Crippen LogP contribution in [0.25, 0.3) is 5.69 Å². The first kappa shape index (κ1) is 11.4. The highest BCUT2D eigenvalue weighted by Gasteiger charge is 1.99. The van der Waals surface area contributed by atoms with E-state index in [9.17, 15) is 0 Å². The van der Waals surface area contributed by atoms with Gasteiger partial charge in [-0.3, -0.25) is 0 Å². The Morgan fingerprint density at radius 2 is 2.06 bits per heavy atom. The van der Waals surface area contributed by atoms with Gasteiger partial charge in [0.1, 0.15) is 4.64 Å². The monoisotopic (exact) mass is 249 g/mol. The van der Waals surface area contributed by atoms with Gasteiger partial charge in [0.2, 0.25) is 0 Å². The summed E-state index contributed by atoms with van der Waals surface area (Å²) in [7, 11) is 0. The van der Waals surface area contributed by atoms with E-state index in [-0.39, 0.29) is 0 Å². The molecule has 1 nitrogen and oxygen atoms in total. The second-order valence-corrected chi connectivity index (χ2v) is 4.43. The van der Waals surface area contributed by atoms with Gasteiger partial charge in [0.15, 0.2) is 0 Å². The van der Waals surface area contributed by atoms with Crippen molar-refractivity contribution in [2.24, 2.45) is 0 Å². The molecule has 1 aromatic heterocycles. The minimum absolute atomic E-state index is 0.723. The van der Waals surface area contributed by atoms with E-state index >= 15 is 0 Å². The van der Waals surface area contributed by atoms with Crippen LogP contribution >= 0.6 is 23.8 Å². The van der Waals surface area contributed by atoms with Gasteiger partial charge in [0.25, 0.3) is 0 Å². The lowest BCUT2D eigenvalue weighted by molar-refractivity contribution is 0.979. The largest absolute Gasteiger partial charge is 0.308 e. The number of aromatic nitrogens is 1. The SMILES string of the molecule is CCc1ccc(=S)n(-c2cccc(Cl)c2)c1. The summed E-state index contributed by atoms with van der Waals surface area (Å²) >= 11 is 11.3. The summed E-state index contributed by atoms with van der Waals surface area (Å²) in [6.07, 6.45) is 3.06. The van der Waals surface area contributed by atoms with Gasteiger partial charge in [-0.2, -0.15) is 0 Å². The fraction of sp³-hybridized carbons (Fsp3) is 0.154. The Balaban J connectivity index is 2.59. The lowest BCUT2D eigenvalue weighted by Gasteiger charge is -2.09. The Labute approximate surface area is 105 Å². The molecule has 0 aliphatic heterocycles. The number of halogens is 1. The van der Waals surface area contributed by atoms with E-state index in [4.69, 9.17) is 23.8 Å². The fourth-order valence-electron chi connectivity index (χ4n) is 1.57. The zero-order chi connectivity index (χ0) is 11.5. The molecule has 0 fully saturated rings. The topological polar surface area (TPSA) is 4.93 Å². The number of hydrogen-bond acceptors (Lipinski definition) is 1. The smallest absolute Gasteiger partial charge is 0.110 e. The maximum atomic E-state index is 5.97. The predicted molar refractivity (Wildman–Crippen MR) is 71.0 cm³/mol. The lowest BCUT2D eigenvalue weighted by Crippen LogP contribution is -1.98. The summed E-state index contributed by atoms with van der Waals surface area (Å²) in [4.78, 5) is 0. The normalized spacial score (nSPS) is 10.4. The molecule has 1 aromatic carbocycles. The summed E-state index contributed by atoms with van der Waals surface area (Å²) in [6, 6.07) is 11.7. The third-order valence-electron chi connectivity index (χ3n) is 2.47. The van der Waals surface area contributed by atoms with Crippen molar-refractivity contribution >= 4 is 23.8 Å². The maximum Gasteiger partial charge on any atom is 0.110 e. The molecule has 2 aromatic rings. The van der Waals surface area contributed by atoms with Gasteiger partial charge in [-0.15, -0.1) is 0 Å². The standard InChI is InChI=1S/C13H12ClNS/c1-2-10-6-7-13(16)15(9-10)12-5-3-4-11(14)8-12/h3-9H,2H2,1H3. The second kappa shape index (κ2) is 4.81. The highest BCUT2D eigenvalue weighted by molar-refractivity contribution is 7.71. The Morgan fingerprint density at radius 3 is 2.75 bits per heavy atom. The van der Waals surface area contributed by atoms with Gasteiger partial charge >= 0.3 is 0 Å². The number of hydrogen-bond donors (Lipinski definition) is 0. The first-order valence-corrected chi connectivity index (χ1v) is 5.97. The summed E-state index contributed by atoms with van der Waals surface area (Å²) in [5.41, 5.74) is 2.27. The van der Waals surface area contributed by atoms with Crippen LogP contribution in [0, 0.1) is 4.64 Å². The van der Waals surface area contributed by atoms with Gasteiger partial charge in [0, 0.05) is 16.9 Å². The van der Waals surface area contributed by atoms with Gasteiger partial charge in [0.05, 0.1) is 0 Å². The quantitative estimate of drug-likeness (QED) is 0.713. The molecule has 0 bridgehead atoms. The molecular formula is C13H12ClNS. The van der Waals surface area contributed by atoms with Gasteiger partial charge in [-0.05, 0) is 36.2 Å². The Morgan fingerprint density at radius 1 is 1.25 bits per heavy atom. The van der Waals surface area contributed by atoms with Crippen molar-refractivity contribution in [3.05, 3.63) is 57.8 Å². The van der Waals surface area contributed by atoms with E-state index in [1.807, 2.05) is 34.9 Å². The van der Waals surface area contributed by atoms with Crippen molar-refractivity contribution in [3.63, 3.8) is 0 Å². The molecule has 2 rings (SSSR count). The number of pyridine rings is 1. The van der Waals surface area contributed by atoms with Crippen LogP contribution in [0.4, 0.5) is 0 Å². The van der Waals surface area contributed by atoms with Crippen LogP contribution in [0.1, 0.15) is 12.5 Å². The summed E-state index contributed by atoms with van der Waals surface area (Å²) in [5, 5.41) is 0.723. The summed E-state index contributed by atoms with van der Waals surface area (Å²) < 4.78 is 2.78. The molecule has 3 heteroatoms. The minimum atomic E-state index is 0.723. The second-order valence-electron chi connectivity index (χ2n) is 3.58. The number of rotatable bonds is 2. The summed E-state index contributed by atoms with van der Waals surface area (Å²) in [6.45, 7) is 2.13. The zero-order valence-electron chi connectivity index (χ0n) is 8.98. The lowest BCUT2D eigenvalue weighted by atomic mass is 10.2. The third kappa shape index (κ3) is 2.34. The zero-order valence-corrected chi connectivity index (χ0v) is 10.6. The Kier molecular flexibility index (Phi) is 3.42. The fourth-order valence-corrected chi connectivity index (χ4v) is 1.98. The molecule has 82 valence electrons. The average Bonchev–Trinajstić information content (AvgIpc) is 2.30. The Hall–Kier alpha value is -1.12. The molecule has 0 saturated heterocycles. The van der Waals surface area contributed by atoms with Gasteiger partial charge in [-0.25, -0.2) is 0 Å². The van der Waals surface area contributed by atoms with Crippen molar-refractivity contribution < 1.29 is 0 Å². The highest BCUT2D eigenvalue weighted by Crippen LogP contribution is 2.16. The summed E-state index contributed by atoms with van der Waals surface area (Å²) in [5.74, 6) is 0. The molecule has 0 radical (unpaired) electrons. The maximum absolute atomic E-state index is 5.97. The van der Waals surface area contributed by atoms with E-state index in [0.717, 1.165) is 21.8 Å². The number of nitrogens with zero attached hydrogens (tertiary/aromatic N) is 1. The molecule has 0 amide bonds. The van der Waals surface area contributed by atoms with Crippen LogP contribution in [-0.4, -0.2) is 4.57 Å². The van der Waals surface area contributed by atoms with Gasteiger partial charge in [-0.1, -0.05) is 42.9 Å². The van der Waals surface area contributed by atoms with Crippen molar-refractivity contribution in [2.75, 3.05) is 0 Å². The first-order valence-electron chi connectivity index (χ1n) is 5.18. The molecule has 0 atom stereocenters. The van der Waals surface area contributed by atoms with E-state index < -0.39 is 0 Å². The minimum Gasteiger partial charge on any atom is -0.308 e. The molecule has 16 heavy (non-hydrogen) atoms. The van der Waals surface area contributed by atoms with E-state index in [2.05, 4.69) is 19.2 Å². The van der Waals surface area contributed by atoms with Crippen molar-refractivity contribution in [2.45, 2.75) is 13.3 Å². The van der Waals surface area contributed by atoms with Crippen LogP contribution in [0.2, 0.25) is 5.02 Å². The van der Waals surface area contributed by atoms with Crippen molar-refractivity contribution in [1.82, 2.24) is 4.57 Å². The van der Waals surface area contributed by atoms with E-state index in [1.165, 1.54) is 5.56 Å². The van der Waals surface area contributed by atoms with E-state index in [0.29, 0.717) is 0 Å². The van der Waals surface area contributed by atoms with Gasteiger partial charge < -0.3 is 4.57 Å². The molecular weight excluding hydrogens is 238 g/mol.